The Labute approximate surface area is 122 Å². The summed E-state index contributed by atoms with van der Waals surface area (Å²) < 4.78 is 5.17. The minimum absolute atomic E-state index is 0.282. The molecule has 2 rings (SSSR count). The van der Waals surface area contributed by atoms with E-state index in [-0.39, 0.29) is 5.91 Å². The van der Waals surface area contributed by atoms with E-state index in [1.165, 1.54) is 12.8 Å². The van der Waals surface area contributed by atoms with E-state index < -0.39 is 0 Å². The van der Waals surface area contributed by atoms with Gasteiger partial charge in [0.05, 0.1) is 13.2 Å². The zero-order chi connectivity index (χ0) is 14.7. The number of piperazine rings is 1. The highest BCUT2D eigenvalue weighted by atomic mass is 16.5. The van der Waals surface area contributed by atoms with Crippen molar-refractivity contribution >= 4 is 5.91 Å². The Morgan fingerprint density at radius 2 is 1.85 bits per heavy atom. The van der Waals surface area contributed by atoms with E-state index in [1.54, 1.807) is 7.11 Å². The summed E-state index contributed by atoms with van der Waals surface area (Å²) in [5.74, 6) is 0.282. The first kappa shape index (κ1) is 15.7. The van der Waals surface area contributed by atoms with Crippen molar-refractivity contribution in [2.24, 2.45) is 0 Å². The summed E-state index contributed by atoms with van der Waals surface area (Å²) >= 11 is 0. The average molecular weight is 283 g/mol. The molecular weight excluding hydrogens is 254 g/mol. The molecule has 0 bridgehead atoms. The first-order chi connectivity index (χ1) is 9.52. The molecule has 0 spiro atoms. The van der Waals surface area contributed by atoms with E-state index in [0.29, 0.717) is 24.7 Å². The standard InChI is InChI=1S/C15H29N3O2/c1-12-9-17(10-13(2)18(12)7-8-20-4)15(19)11-16(3)14-5-6-14/h12-14H,5-11H2,1-4H3/t12-,13-/m0/s1. The molecule has 0 N–H and O–H groups in total. The number of amides is 1. The number of carbonyl (C=O) groups is 1. The van der Waals surface area contributed by atoms with Gasteiger partial charge in [-0.15, -0.1) is 0 Å². The highest BCUT2D eigenvalue weighted by molar-refractivity contribution is 5.78. The van der Waals surface area contributed by atoms with Crippen molar-refractivity contribution in [2.75, 3.05) is 46.9 Å². The van der Waals surface area contributed by atoms with Crippen LogP contribution in [0.25, 0.3) is 0 Å². The normalized spacial score (nSPS) is 28.1. The Balaban J connectivity index is 1.83. The van der Waals surface area contributed by atoms with Crippen molar-refractivity contribution in [1.82, 2.24) is 14.7 Å². The van der Waals surface area contributed by atoms with Crippen LogP contribution in [0, 0.1) is 0 Å². The van der Waals surface area contributed by atoms with Crippen molar-refractivity contribution in [1.29, 1.82) is 0 Å². The first-order valence-corrected chi connectivity index (χ1v) is 7.75. The van der Waals surface area contributed by atoms with Gasteiger partial charge in [-0.3, -0.25) is 14.6 Å². The quantitative estimate of drug-likeness (QED) is 0.717. The molecule has 1 aliphatic carbocycles. The van der Waals surface area contributed by atoms with E-state index in [2.05, 4.69) is 30.7 Å². The van der Waals surface area contributed by atoms with Crippen LogP contribution in [0.1, 0.15) is 26.7 Å². The fraction of sp³-hybridized carbons (Fsp3) is 0.933. The Bertz CT molecular complexity index is 321. The van der Waals surface area contributed by atoms with Crippen molar-refractivity contribution in [3.8, 4) is 0 Å². The van der Waals surface area contributed by atoms with E-state index >= 15 is 0 Å². The smallest absolute Gasteiger partial charge is 0.236 e. The molecule has 1 aliphatic heterocycles. The molecule has 5 nitrogen and oxygen atoms in total. The van der Waals surface area contributed by atoms with Crippen molar-refractivity contribution in [3.63, 3.8) is 0 Å². The minimum Gasteiger partial charge on any atom is -0.383 e. The predicted molar refractivity (Wildman–Crippen MR) is 79.7 cm³/mol. The maximum atomic E-state index is 12.4. The van der Waals surface area contributed by atoms with Gasteiger partial charge in [-0.1, -0.05) is 0 Å². The largest absolute Gasteiger partial charge is 0.383 e. The highest BCUT2D eigenvalue weighted by Gasteiger charge is 2.33. The maximum Gasteiger partial charge on any atom is 0.236 e. The van der Waals surface area contributed by atoms with Gasteiger partial charge in [-0.2, -0.15) is 0 Å². The molecule has 0 radical (unpaired) electrons. The van der Waals surface area contributed by atoms with Gasteiger partial charge in [0.1, 0.15) is 0 Å². The molecule has 0 aromatic carbocycles. The number of nitrogens with zero attached hydrogens (tertiary/aromatic N) is 3. The molecule has 116 valence electrons. The number of likely N-dealkylation sites (N-methyl/N-ethyl adjacent to an activating group) is 1. The lowest BCUT2D eigenvalue weighted by Gasteiger charge is -2.44. The van der Waals surface area contributed by atoms with Crippen molar-refractivity contribution in [2.45, 2.75) is 44.8 Å². The van der Waals surface area contributed by atoms with Gasteiger partial charge in [0, 0.05) is 44.9 Å². The Morgan fingerprint density at radius 3 is 2.35 bits per heavy atom. The molecule has 2 fully saturated rings. The molecule has 1 saturated carbocycles. The molecule has 5 heteroatoms. The van der Waals surface area contributed by atoms with Gasteiger partial charge in [-0.05, 0) is 33.7 Å². The SMILES string of the molecule is COCCN1[C@@H](C)CN(C(=O)CN(C)C2CC2)C[C@@H]1C. The van der Waals surface area contributed by atoms with Crippen LogP contribution in [0.5, 0.6) is 0 Å². The van der Waals surface area contributed by atoms with Crippen LogP contribution in [0.3, 0.4) is 0 Å². The van der Waals surface area contributed by atoms with Gasteiger partial charge in [0.15, 0.2) is 0 Å². The monoisotopic (exact) mass is 283 g/mol. The Kier molecular flexibility index (Phi) is 5.41. The van der Waals surface area contributed by atoms with E-state index in [4.69, 9.17) is 4.74 Å². The van der Waals surface area contributed by atoms with E-state index in [0.717, 1.165) is 26.2 Å². The second-order valence-electron chi connectivity index (χ2n) is 6.37. The Hall–Kier alpha value is -0.650. The van der Waals surface area contributed by atoms with Crippen LogP contribution in [-0.4, -0.2) is 85.7 Å². The van der Waals surface area contributed by atoms with Crippen LogP contribution < -0.4 is 0 Å². The molecule has 1 saturated heterocycles. The number of hydrogen-bond donors (Lipinski definition) is 0. The van der Waals surface area contributed by atoms with Crippen molar-refractivity contribution < 1.29 is 9.53 Å². The van der Waals surface area contributed by atoms with Crippen LogP contribution >= 0.6 is 0 Å². The maximum absolute atomic E-state index is 12.4. The molecule has 20 heavy (non-hydrogen) atoms. The highest BCUT2D eigenvalue weighted by Crippen LogP contribution is 2.25. The number of carbonyl (C=O) groups excluding carboxylic acids is 1. The second-order valence-corrected chi connectivity index (χ2v) is 6.37. The van der Waals surface area contributed by atoms with Gasteiger partial charge in [-0.25, -0.2) is 0 Å². The zero-order valence-corrected chi connectivity index (χ0v) is 13.3. The molecular formula is C15H29N3O2. The molecule has 2 atom stereocenters. The van der Waals surface area contributed by atoms with Gasteiger partial charge in [0.25, 0.3) is 0 Å². The lowest BCUT2D eigenvalue weighted by atomic mass is 10.1. The number of ether oxygens (including phenoxy) is 1. The van der Waals surface area contributed by atoms with Crippen LogP contribution in [-0.2, 0) is 9.53 Å². The summed E-state index contributed by atoms with van der Waals surface area (Å²) in [6.45, 7) is 8.36. The topological polar surface area (TPSA) is 36.0 Å². The van der Waals surface area contributed by atoms with Crippen molar-refractivity contribution in [3.05, 3.63) is 0 Å². The fourth-order valence-electron chi connectivity index (χ4n) is 3.16. The average Bonchev–Trinajstić information content (AvgIpc) is 3.21. The fourth-order valence-corrected chi connectivity index (χ4v) is 3.16. The molecule has 0 aromatic rings. The number of rotatable bonds is 6. The molecule has 0 unspecified atom stereocenters. The summed E-state index contributed by atoms with van der Waals surface area (Å²) in [5, 5.41) is 0. The van der Waals surface area contributed by atoms with E-state index in [9.17, 15) is 4.79 Å². The van der Waals surface area contributed by atoms with Gasteiger partial charge in [0.2, 0.25) is 5.91 Å². The predicted octanol–water partition coefficient (Wildman–Crippen LogP) is 0.648. The minimum atomic E-state index is 0.282. The Morgan fingerprint density at radius 1 is 1.25 bits per heavy atom. The molecule has 1 heterocycles. The number of hydrogen-bond acceptors (Lipinski definition) is 4. The third-order valence-electron chi connectivity index (χ3n) is 4.56. The lowest BCUT2D eigenvalue weighted by molar-refractivity contribution is -0.136. The summed E-state index contributed by atoms with van der Waals surface area (Å²) in [7, 11) is 3.81. The molecule has 1 amide bonds. The molecule has 0 aromatic heterocycles. The van der Waals surface area contributed by atoms with Crippen LogP contribution in [0.15, 0.2) is 0 Å². The summed E-state index contributed by atoms with van der Waals surface area (Å²) in [5.41, 5.74) is 0. The van der Waals surface area contributed by atoms with Gasteiger partial charge < -0.3 is 9.64 Å². The molecule has 2 aliphatic rings. The first-order valence-electron chi connectivity index (χ1n) is 7.75. The number of methoxy groups -OCH3 is 1. The third kappa shape index (κ3) is 3.93. The third-order valence-corrected chi connectivity index (χ3v) is 4.56. The van der Waals surface area contributed by atoms with E-state index in [1.807, 2.05) is 4.90 Å². The summed E-state index contributed by atoms with van der Waals surface area (Å²) in [6, 6.07) is 1.46. The zero-order valence-electron chi connectivity index (χ0n) is 13.3. The van der Waals surface area contributed by atoms with Crippen LogP contribution in [0.2, 0.25) is 0 Å². The van der Waals surface area contributed by atoms with Gasteiger partial charge >= 0.3 is 0 Å². The van der Waals surface area contributed by atoms with Crippen LogP contribution in [0.4, 0.5) is 0 Å². The second kappa shape index (κ2) is 6.87. The lowest BCUT2D eigenvalue weighted by Crippen LogP contribution is -2.59. The summed E-state index contributed by atoms with van der Waals surface area (Å²) in [4.78, 5) is 19.1. The summed E-state index contributed by atoms with van der Waals surface area (Å²) in [6.07, 6.45) is 2.50.